The average molecular weight is 553 g/mol. The van der Waals surface area contributed by atoms with Gasteiger partial charge < -0.3 is 24.4 Å². The highest BCUT2D eigenvalue weighted by Crippen LogP contribution is 2.36. The highest BCUT2D eigenvalue weighted by Gasteiger charge is 2.42. The van der Waals surface area contributed by atoms with Crippen LogP contribution in [0.1, 0.15) is 46.6 Å². The Morgan fingerprint density at radius 1 is 1.15 bits per heavy atom. The van der Waals surface area contributed by atoms with Gasteiger partial charge in [0, 0.05) is 24.2 Å². The monoisotopic (exact) mass is 552 g/mol. The van der Waals surface area contributed by atoms with E-state index in [1.54, 1.807) is 16.7 Å². The van der Waals surface area contributed by atoms with Crippen molar-refractivity contribution in [2.24, 2.45) is 5.41 Å². The largest absolute Gasteiger partial charge is 0.369 e. The molecule has 1 N–H and O–H groups in total. The summed E-state index contributed by atoms with van der Waals surface area (Å²) in [6.45, 7) is 10.5. The number of rotatable bonds is 7. The molecule has 0 aromatic heterocycles. The molecule has 7 nitrogen and oxygen atoms in total. The molecule has 1 saturated heterocycles. The van der Waals surface area contributed by atoms with Gasteiger partial charge in [0.2, 0.25) is 0 Å². The van der Waals surface area contributed by atoms with E-state index in [0.29, 0.717) is 18.7 Å². The lowest BCUT2D eigenvalue weighted by atomic mass is 9.94. The number of methoxy groups -OCH3 is 1. The van der Waals surface area contributed by atoms with Gasteiger partial charge in [0.25, 0.3) is 11.8 Å². The normalized spacial score (nSPS) is 24.2. The molecule has 0 unspecified atom stereocenters. The van der Waals surface area contributed by atoms with E-state index < -0.39 is 24.0 Å². The van der Waals surface area contributed by atoms with Crippen molar-refractivity contribution in [3.05, 3.63) is 72.3 Å². The van der Waals surface area contributed by atoms with Gasteiger partial charge in [-0.1, -0.05) is 75.4 Å². The van der Waals surface area contributed by atoms with Gasteiger partial charge in [-0.3, -0.25) is 9.59 Å². The van der Waals surface area contributed by atoms with E-state index in [0.717, 1.165) is 16.1 Å². The summed E-state index contributed by atoms with van der Waals surface area (Å²) in [5.74, 6) is -1.00. The first-order chi connectivity index (χ1) is 18.5. The predicted molar refractivity (Wildman–Crippen MR) is 155 cm³/mol. The third-order valence-electron chi connectivity index (χ3n) is 6.62. The van der Waals surface area contributed by atoms with Crippen LogP contribution in [0.25, 0.3) is 0 Å². The van der Waals surface area contributed by atoms with E-state index in [4.69, 9.17) is 14.2 Å². The number of allylic oxidation sites excluding steroid dienone is 1. The molecule has 1 fully saturated rings. The minimum absolute atomic E-state index is 0.0000567. The van der Waals surface area contributed by atoms with Crippen molar-refractivity contribution < 1.29 is 23.8 Å². The molecule has 2 aromatic carbocycles. The molecule has 2 aliphatic heterocycles. The Bertz CT molecular complexity index is 1180. The molecule has 8 heteroatoms. The third kappa shape index (κ3) is 7.72. The van der Waals surface area contributed by atoms with Crippen molar-refractivity contribution in [3.8, 4) is 0 Å². The fourth-order valence-electron chi connectivity index (χ4n) is 4.85. The number of hydrogen-bond acceptors (Lipinski definition) is 6. The maximum absolute atomic E-state index is 13.9. The van der Waals surface area contributed by atoms with Crippen LogP contribution in [0.5, 0.6) is 0 Å². The SMILES string of the molecule is CO[C@@H](C(=O)N[C@H]1CSc2ccccc2N(Cc2ccccc2)C1=O)[C@H]1C[C@@H](C=CC(C)(C)C)OC(C)(C)O1. The predicted octanol–water partition coefficient (Wildman–Crippen LogP) is 5.34. The molecule has 0 bridgehead atoms. The molecular weight excluding hydrogens is 512 g/mol. The fraction of sp³-hybridized carbons (Fsp3) is 0.484. The van der Waals surface area contributed by atoms with E-state index in [1.807, 2.05) is 74.5 Å². The minimum atomic E-state index is -0.898. The number of hydrogen-bond donors (Lipinski definition) is 1. The molecule has 0 radical (unpaired) electrons. The van der Waals surface area contributed by atoms with Gasteiger partial charge in [0.05, 0.1) is 24.4 Å². The van der Waals surface area contributed by atoms with Gasteiger partial charge in [-0.05, 0) is 37.0 Å². The summed E-state index contributed by atoms with van der Waals surface area (Å²) in [6, 6.07) is 17.0. The highest BCUT2D eigenvalue weighted by molar-refractivity contribution is 7.99. The Morgan fingerprint density at radius 3 is 2.54 bits per heavy atom. The molecule has 2 aliphatic rings. The zero-order chi connectivity index (χ0) is 28.2. The van der Waals surface area contributed by atoms with E-state index in [-0.39, 0.29) is 23.3 Å². The van der Waals surface area contributed by atoms with Crippen LogP contribution in [0.3, 0.4) is 0 Å². The molecule has 2 amide bonds. The van der Waals surface area contributed by atoms with Crippen LogP contribution in [0.15, 0.2) is 71.6 Å². The van der Waals surface area contributed by atoms with Crippen LogP contribution < -0.4 is 10.2 Å². The number of fused-ring (bicyclic) bond motifs is 1. The number of carbonyl (C=O) groups is 2. The van der Waals surface area contributed by atoms with Crippen molar-refractivity contribution in [2.45, 2.75) is 82.6 Å². The molecule has 0 aliphatic carbocycles. The second-order valence-corrected chi connectivity index (χ2v) is 12.6. The number of para-hydroxylation sites is 1. The van der Waals surface area contributed by atoms with Gasteiger partial charge in [-0.2, -0.15) is 0 Å². The lowest BCUT2D eigenvalue weighted by Crippen LogP contribution is -2.57. The summed E-state index contributed by atoms with van der Waals surface area (Å²) in [5.41, 5.74) is 1.86. The summed E-state index contributed by atoms with van der Waals surface area (Å²) in [6.07, 6.45) is 2.93. The molecule has 4 rings (SSSR count). The summed E-state index contributed by atoms with van der Waals surface area (Å²) in [4.78, 5) is 30.3. The molecular formula is C31H40N2O5S. The first kappa shape index (κ1) is 29.3. The van der Waals surface area contributed by atoms with Crippen molar-refractivity contribution in [3.63, 3.8) is 0 Å². The number of nitrogens with zero attached hydrogens (tertiary/aromatic N) is 1. The van der Waals surface area contributed by atoms with Crippen molar-refractivity contribution >= 4 is 29.3 Å². The van der Waals surface area contributed by atoms with Crippen LogP contribution in [-0.2, 0) is 30.3 Å². The van der Waals surface area contributed by atoms with Gasteiger partial charge in [-0.25, -0.2) is 0 Å². The lowest BCUT2D eigenvalue weighted by Gasteiger charge is -2.42. The number of ether oxygens (including phenoxy) is 3. The van der Waals surface area contributed by atoms with Crippen molar-refractivity contribution in [1.29, 1.82) is 0 Å². The van der Waals surface area contributed by atoms with Gasteiger partial charge in [0.1, 0.15) is 6.04 Å². The van der Waals surface area contributed by atoms with Gasteiger partial charge >= 0.3 is 0 Å². The molecule has 2 aromatic rings. The average Bonchev–Trinajstić information content (AvgIpc) is 3.00. The van der Waals surface area contributed by atoms with Gasteiger partial charge in [-0.15, -0.1) is 11.8 Å². The lowest BCUT2D eigenvalue weighted by molar-refractivity contribution is -0.302. The zero-order valence-electron chi connectivity index (χ0n) is 23.7. The standard InChI is InChI=1S/C31H40N2O5S/c1-30(2,3)17-16-22-18-25(38-31(4,5)37-22)27(36-6)28(34)32-23-20-39-26-15-11-10-14-24(26)33(29(23)35)19-21-12-8-7-9-13-21/h7-17,22-23,25,27H,18-20H2,1-6H3,(H,32,34)/t22-,23+,25-,27-/m1/s1. The number of anilines is 1. The van der Waals surface area contributed by atoms with Crippen LogP contribution in [0, 0.1) is 5.41 Å². The summed E-state index contributed by atoms with van der Waals surface area (Å²) in [7, 11) is 1.50. The zero-order valence-corrected chi connectivity index (χ0v) is 24.5. The second kappa shape index (κ2) is 12.3. The van der Waals surface area contributed by atoms with Crippen molar-refractivity contribution in [2.75, 3.05) is 17.8 Å². The minimum Gasteiger partial charge on any atom is -0.369 e. The Labute approximate surface area is 236 Å². The van der Waals surface area contributed by atoms with E-state index in [1.165, 1.54) is 7.11 Å². The van der Waals surface area contributed by atoms with E-state index in [9.17, 15) is 9.59 Å². The highest BCUT2D eigenvalue weighted by atomic mass is 32.2. The molecule has 39 heavy (non-hydrogen) atoms. The number of amides is 2. The summed E-state index contributed by atoms with van der Waals surface area (Å²) < 4.78 is 17.9. The van der Waals surface area contributed by atoms with Crippen LogP contribution >= 0.6 is 11.8 Å². The first-order valence-corrected chi connectivity index (χ1v) is 14.4. The van der Waals surface area contributed by atoms with Crippen LogP contribution in [0.2, 0.25) is 0 Å². The number of carbonyl (C=O) groups excluding carboxylic acids is 2. The smallest absolute Gasteiger partial charge is 0.252 e. The molecule has 210 valence electrons. The first-order valence-electron chi connectivity index (χ1n) is 13.4. The summed E-state index contributed by atoms with van der Waals surface area (Å²) >= 11 is 1.56. The maximum Gasteiger partial charge on any atom is 0.252 e. The van der Waals surface area contributed by atoms with Gasteiger partial charge in [0.15, 0.2) is 11.9 Å². The van der Waals surface area contributed by atoms with Crippen LogP contribution in [-0.4, -0.2) is 54.8 Å². The molecule has 0 spiro atoms. The Hall–Kier alpha value is -2.65. The second-order valence-electron chi connectivity index (χ2n) is 11.6. The molecule has 2 heterocycles. The maximum atomic E-state index is 13.9. The number of benzene rings is 2. The quantitative estimate of drug-likeness (QED) is 0.468. The third-order valence-corrected chi connectivity index (χ3v) is 7.78. The van der Waals surface area contributed by atoms with E-state index >= 15 is 0 Å². The molecule has 4 atom stereocenters. The van der Waals surface area contributed by atoms with E-state index in [2.05, 4.69) is 32.2 Å². The summed E-state index contributed by atoms with van der Waals surface area (Å²) in [5, 5.41) is 2.99. The number of thioether (sulfide) groups is 1. The topological polar surface area (TPSA) is 77.1 Å². The molecule has 0 saturated carbocycles. The van der Waals surface area contributed by atoms with Crippen LogP contribution in [0.4, 0.5) is 5.69 Å². The van der Waals surface area contributed by atoms with Crippen molar-refractivity contribution in [1.82, 2.24) is 5.32 Å². The Kier molecular flexibility index (Phi) is 9.21. The Morgan fingerprint density at radius 2 is 1.85 bits per heavy atom. The fourth-order valence-corrected chi connectivity index (χ4v) is 5.92. The number of nitrogens with one attached hydrogen (secondary N) is 1. The Balaban J connectivity index is 1.52.